The number of hydrogen-bond acceptors (Lipinski definition) is 8. The maximum absolute atomic E-state index is 14.0. The van der Waals surface area contributed by atoms with Crippen LogP contribution in [0.3, 0.4) is 0 Å². The molecule has 10 heteroatoms. The molecule has 2 aliphatic heterocycles. The van der Waals surface area contributed by atoms with Crippen LogP contribution in [0.1, 0.15) is 73.9 Å². The molecule has 5 rings (SSSR count). The van der Waals surface area contributed by atoms with Crippen LogP contribution in [-0.2, 0) is 19.2 Å². The minimum absolute atomic E-state index is 0.0639. The van der Waals surface area contributed by atoms with Crippen LogP contribution in [0, 0.1) is 13.8 Å². The van der Waals surface area contributed by atoms with Crippen molar-refractivity contribution in [1.29, 1.82) is 0 Å². The van der Waals surface area contributed by atoms with Gasteiger partial charge in [0.05, 0.1) is 5.36 Å². The van der Waals surface area contributed by atoms with E-state index < -0.39 is 17.8 Å². The van der Waals surface area contributed by atoms with Gasteiger partial charge in [-0.2, -0.15) is 0 Å². The van der Waals surface area contributed by atoms with Gasteiger partial charge in [0.15, 0.2) is 0 Å². The third-order valence-corrected chi connectivity index (χ3v) is 8.43. The first-order valence-electron chi connectivity index (χ1n) is 16.3. The number of imide groups is 1. The van der Waals surface area contributed by atoms with Crippen LogP contribution in [0.4, 0.5) is 5.69 Å². The lowest BCUT2D eigenvalue weighted by molar-refractivity contribution is -0.197. The van der Waals surface area contributed by atoms with Gasteiger partial charge in [-0.3, -0.25) is 19.4 Å². The molecule has 0 aromatic heterocycles. The minimum Gasteiger partial charge on any atom is -0.456 e. The summed E-state index contributed by atoms with van der Waals surface area (Å²) in [6.07, 6.45) is 2.06. The number of nitrogens with zero attached hydrogens (tertiary/aromatic N) is 3. The summed E-state index contributed by atoms with van der Waals surface area (Å²) in [5, 5.41) is 5.79. The Morgan fingerprint density at radius 2 is 1.70 bits per heavy atom. The standard InChI is InChI=1S/C37H42N4O6/c1-6-38-29-21-31-27(19-23(29)3)36(28-20-24(4)30(39-7-2)22-32(28)46-31)25-13-10-11-14-26(25)37(45)40(5)18-12-8-9-15-35(44)47-41-33(42)16-17-34(41)43/h10-11,13-14,19-22,38H,6-9,12,15-18H2,1-5H3. The maximum atomic E-state index is 14.0. The molecule has 0 saturated carbocycles. The fraction of sp³-hybridized carbons (Fsp3) is 0.378. The number of hydrogen-bond donors (Lipinski definition) is 1. The Kier molecular flexibility index (Phi) is 10.4. The minimum atomic E-state index is -0.612. The lowest BCUT2D eigenvalue weighted by Crippen LogP contribution is -2.32. The largest absolute Gasteiger partial charge is 0.456 e. The van der Waals surface area contributed by atoms with Gasteiger partial charge in [-0.15, -0.1) is 5.06 Å². The zero-order valence-corrected chi connectivity index (χ0v) is 27.8. The van der Waals surface area contributed by atoms with Crippen LogP contribution in [-0.4, -0.2) is 60.3 Å². The van der Waals surface area contributed by atoms with Gasteiger partial charge >= 0.3 is 5.97 Å². The number of amides is 3. The van der Waals surface area contributed by atoms with E-state index in [9.17, 15) is 19.2 Å². The Morgan fingerprint density at radius 1 is 0.957 bits per heavy atom. The normalized spacial score (nSPS) is 13.6. The number of fused-ring (bicyclic) bond motifs is 2. The monoisotopic (exact) mass is 638 g/mol. The lowest BCUT2D eigenvalue weighted by Gasteiger charge is -2.22. The molecule has 1 fully saturated rings. The Morgan fingerprint density at radius 3 is 2.43 bits per heavy atom. The van der Waals surface area contributed by atoms with Crippen molar-refractivity contribution in [3.05, 3.63) is 70.6 Å². The van der Waals surface area contributed by atoms with E-state index in [2.05, 4.69) is 36.3 Å². The van der Waals surface area contributed by atoms with E-state index in [1.165, 1.54) is 0 Å². The number of carbonyl (C=O) groups is 4. The highest BCUT2D eigenvalue weighted by Gasteiger charge is 2.32. The van der Waals surface area contributed by atoms with Crippen molar-refractivity contribution in [2.75, 3.05) is 32.0 Å². The second-order valence-electron chi connectivity index (χ2n) is 11.9. The van der Waals surface area contributed by atoms with Gasteiger partial charge in [0, 0.05) is 85.8 Å². The fourth-order valence-electron chi connectivity index (χ4n) is 6.00. The van der Waals surface area contributed by atoms with Gasteiger partial charge < -0.3 is 19.5 Å². The molecule has 2 heterocycles. The highest BCUT2D eigenvalue weighted by atomic mass is 16.7. The summed E-state index contributed by atoms with van der Waals surface area (Å²) in [6.45, 7) is 10.1. The van der Waals surface area contributed by atoms with Crippen LogP contribution < -0.4 is 10.7 Å². The van der Waals surface area contributed by atoms with Crippen LogP contribution in [0.25, 0.3) is 33.4 Å². The molecular weight excluding hydrogens is 596 g/mol. The van der Waals surface area contributed by atoms with Crippen LogP contribution in [0.5, 0.6) is 0 Å². The Bertz CT molecular complexity index is 1860. The van der Waals surface area contributed by atoms with E-state index in [1.807, 2.05) is 50.2 Å². The summed E-state index contributed by atoms with van der Waals surface area (Å²) in [4.78, 5) is 60.8. The second-order valence-corrected chi connectivity index (χ2v) is 11.9. The molecule has 10 nitrogen and oxygen atoms in total. The SMILES string of the molecule is CCN=c1cc2oc3cc(NCC)c(C)cc3c(-c3ccccc3C(=O)N(C)CCCCCC(=O)ON3C(=O)CCC3=O)c-2cc1C. The molecule has 47 heavy (non-hydrogen) atoms. The molecule has 3 aliphatic rings. The van der Waals surface area contributed by atoms with Crippen LogP contribution in [0.15, 0.2) is 57.9 Å². The quantitative estimate of drug-likeness (QED) is 0.108. The maximum Gasteiger partial charge on any atom is 0.333 e. The van der Waals surface area contributed by atoms with Crippen LogP contribution >= 0.6 is 0 Å². The summed E-state index contributed by atoms with van der Waals surface area (Å²) in [6, 6.07) is 15.9. The lowest BCUT2D eigenvalue weighted by atomic mass is 9.89. The number of hydroxylamine groups is 2. The van der Waals surface area contributed by atoms with Crippen molar-refractivity contribution in [3.8, 4) is 22.5 Å². The molecule has 246 valence electrons. The van der Waals surface area contributed by atoms with E-state index >= 15 is 0 Å². The number of anilines is 1. The van der Waals surface area contributed by atoms with E-state index in [0.717, 1.165) is 50.8 Å². The van der Waals surface area contributed by atoms with Gasteiger partial charge in [0.1, 0.15) is 11.3 Å². The van der Waals surface area contributed by atoms with Crippen molar-refractivity contribution >= 4 is 40.3 Å². The number of benzene rings is 3. The highest BCUT2D eigenvalue weighted by molar-refractivity contribution is 6.09. The van der Waals surface area contributed by atoms with Crippen molar-refractivity contribution in [2.45, 2.75) is 66.2 Å². The summed E-state index contributed by atoms with van der Waals surface area (Å²) in [5.41, 5.74) is 7.06. The molecule has 1 aliphatic carbocycles. The zero-order chi connectivity index (χ0) is 33.7. The number of aryl methyl sites for hydroxylation is 2. The first-order chi connectivity index (χ1) is 22.6. The number of rotatable bonds is 12. The molecule has 0 bridgehead atoms. The summed E-state index contributed by atoms with van der Waals surface area (Å²) < 4.78 is 6.52. The average Bonchev–Trinajstić information content (AvgIpc) is 3.36. The number of unbranched alkanes of at least 4 members (excludes halogenated alkanes) is 2. The highest BCUT2D eigenvalue weighted by Crippen LogP contribution is 2.43. The molecule has 2 aromatic carbocycles. The topological polar surface area (TPSA) is 122 Å². The van der Waals surface area contributed by atoms with E-state index in [1.54, 1.807) is 11.9 Å². The third-order valence-electron chi connectivity index (χ3n) is 8.43. The first-order valence-corrected chi connectivity index (χ1v) is 16.3. The van der Waals surface area contributed by atoms with Crippen LogP contribution in [0.2, 0.25) is 0 Å². The number of nitrogens with one attached hydrogen (secondary N) is 1. The second kappa shape index (κ2) is 14.6. The Labute approximate surface area is 274 Å². The van der Waals surface area contributed by atoms with E-state index in [0.29, 0.717) is 54.3 Å². The molecule has 2 aromatic rings. The molecule has 0 radical (unpaired) electrons. The molecule has 0 spiro atoms. The Balaban J connectivity index is 1.40. The number of carbonyl (C=O) groups excluding carboxylic acids is 4. The van der Waals surface area contributed by atoms with Crippen molar-refractivity contribution in [2.24, 2.45) is 4.99 Å². The molecule has 1 N–H and O–H groups in total. The molecule has 0 atom stereocenters. The van der Waals surface area contributed by atoms with Gasteiger partial charge in [-0.05, 0) is 75.4 Å². The van der Waals surface area contributed by atoms with Gasteiger partial charge in [0.2, 0.25) is 0 Å². The van der Waals surface area contributed by atoms with Gasteiger partial charge in [-0.1, -0.05) is 24.6 Å². The van der Waals surface area contributed by atoms with E-state index in [-0.39, 0.29) is 25.2 Å². The molecule has 3 amide bonds. The van der Waals surface area contributed by atoms with Crippen molar-refractivity contribution in [3.63, 3.8) is 0 Å². The van der Waals surface area contributed by atoms with Gasteiger partial charge in [0.25, 0.3) is 17.7 Å². The average molecular weight is 639 g/mol. The predicted molar refractivity (Wildman–Crippen MR) is 181 cm³/mol. The Hall–Kier alpha value is -4.99. The summed E-state index contributed by atoms with van der Waals surface area (Å²) >= 11 is 0. The van der Waals surface area contributed by atoms with Crippen molar-refractivity contribution in [1.82, 2.24) is 9.96 Å². The van der Waals surface area contributed by atoms with Gasteiger partial charge in [-0.25, -0.2) is 4.79 Å². The zero-order valence-electron chi connectivity index (χ0n) is 27.8. The molecule has 1 saturated heterocycles. The molecular formula is C37H42N4O6. The smallest absolute Gasteiger partial charge is 0.333 e. The molecule has 0 unspecified atom stereocenters. The van der Waals surface area contributed by atoms with E-state index in [4.69, 9.17) is 9.25 Å². The predicted octanol–water partition coefficient (Wildman–Crippen LogP) is 6.41. The fourth-order valence-corrected chi connectivity index (χ4v) is 6.00. The first kappa shape index (κ1) is 33.4. The van der Waals surface area contributed by atoms with Crippen molar-refractivity contribution < 1.29 is 28.4 Å². The summed E-state index contributed by atoms with van der Waals surface area (Å²) in [5.74, 6) is -1.00. The third kappa shape index (κ3) is 7.21. The summed E-state index contributed by atoms with van der Waals surface area (Å²) in [7, 11) is 1.78.